The fourth-order valence-electron chi connectivity index (χ4n) is 1.55. The molecule has 3 N–H and O–H groups in total. The highest BCUT2D eigenvalue weighted by Gasteiger charge is 2.21. The first-order chi connectivity index (χ1) is 9.01. The lowest BCUT2D eigenvalue weighted by atomic mass is 10.3. The molecule has 0 aromatic carbocycles. The molecule has 1 aromatic rings. The average molecular weight is 268 g/mol. The van der Waals surface area contributed by atoms with Gasteiger partial charge in [-0.25, -0.2) is 4.79 Å². The Balaban J connectivity index is 2.66. The second-order valence-corrected chi connectivity index (χ2v) is 4.09. The summed E-state index contributed by atoms with van der Waals surface area (Å²) in [5, 5.41) is 6.73. The van der Waals surface area contributed by atoms with Crippen LogP contribution in [0.15, 0.2) is 0 Å². The van der Waals surface area contributed by atoms with Crippen LogP contribution in [0.4, 0.5) is 5.69 Å². The van der Waals surface area contributed by atoms with E-state index in [1.165, 1.54) is 4.68 Å². The molecule has 1 heterocycles. The third-order valence-electron chi connectivity index (χ3n) is 2.57. The Morgan fingerprint density at radius 3 is 2.68 bits per heavy atom. The van der Waals surface area contributed by atoms with Gasteiger partial charge in [-0.3, -0.25) is 9.48 Å². The summed E-state index contributed by atoms with van der Waals surface area (Å²) < 4.78 is 6.40. The number of amides is 1. The zero-order valence-electron chi connectivity index (χ0n) is 11.5. The third kappa shape index (κ3) is 3.70. The molecule has 0 saturated heterocycles. The minimum absolute atomic E-state index is 0.197. The first-order valence-corrected chi connectivity index (χ1v) is 6.27. The Kier molecular flexibility index (Phi) is 5.35. The summed E-state index contributed by atoms with van der Waals surface area (Å²) >= 11 is 0. The summed E-state index contributed by atoms with van der Waals surface area (Å²) in [5.74, 6) is -0.959. The van der Waals surface area contributed by atoms with E-state index in [9.17, 15) is 9.59 Å². The molecular formula is C12H20N4O3. The summed E-state index contributed by atoms with van der Waals surface area (Å²) in [5.41, 5.74) is 6.85. The number of esters is 1. The van der Waals surface area contributed by atoms with Gasteiger partial charge < -0.3 is 15.8 Å². The van der Waals surface area contributed by atoms with Gasteiger partial charge in [0.1, 0.15) is 0 Å². The normalized spacial score (nSPS) is 10.3. The average Bonchev–Trinajstić information content (AvgIpc) is 2.69. The van der Waals surface area contributed by atoms with Crippen molar-refractivity contribution >= 4 is 17.6 Å². The smallest absolute Gasteiger partial charge is 0.359 e. The molecule has 7 heteroatoms. The van der Waals surface area contributed by atoms with E-state index in [0.29, 0.717) is 24.5 Å². The molecule has 0 fully saturated rings. The maximum absolute atomic E-state index is 11.9. The Morgan fingerprint density at radius 2 is 2.11 bits per heavy atom. The zero-order chi connectivity index (χ0) is 14.4. The standard InChI is InChI=1S/C12H20N4O3/c1-4-6-14-9(17)7-19-12(18)11-10(13)8(3)15-16(11)5-2/h4-7,13H2,1-3H3,(H,14,17). The van der Waals surface area contributed by atoms with Gasteiger partial charge in [0.2, 0.25) is 0 Å². The van der Waals surface area contributed by atoms with Crippen molar-refractivity contribution in [2.24, 2.45) is 0 Å². The number of nitrogens with one attached hydrogen (secondary N) is 1. The highest BCUT2D eigenvalue weighted by Crippen LogP contribution is 2.17. The van der Waals surface area contributed by atoms with Gasteiger partial charge in [0, 0.05) is 13.1 Å². The Labute approximate surface area is 112 Å². The largest absolute Gasteiger partial charge is 0.451 e. The van der Waals surface area contributed by atoms with E-state index < -0.39 is 5.97 Å². The second kappa shape index (κ2) is 6.77. The number of aryl methyl sites for hydroxylation is 2. The van der Waals surface area contributed by atoms with Crippen LogP contribution in [0.2, 0.25) is 0 Å². The minimum atomic E-state index is -0.633. The van der Waals surface area contributed by atoms with E-state index in [2.05, 4.69) is 10.4 Å². The summed E-state index contributed by atoms with van der Waals surface area (Å²) in [6.45, 7) is 6.25. The number of carbonyl (C=O) groups excluding carboxylic acids is 2. The summed E-state index contributed by atoms with van der Waals surface area (Å²) in [7, 11) is 0. The molecule has 0 aliphatic carbocycles. The highest BCUT2D eigenvalue weighted by molar-refractivity contribution is 5.95. The molecule has 7 nitrogen and oxygen atoms in total. The lowest BCUT2D eigenvalue weighted by molar-refractivity contribution is -0.124. The topological polar surface area (TPSA) is 99.2 Å². The number of hydrogen-bond acceptors (Lipinski definition) is 5. The number of ether oxygens (including phenoxy) is 1. The van der Waals surface area contributed by atoms with Gasteiger partial charge >= 0.3 is 5.97 Å². The number of nitrogen functional groups attached to an aromatic ring is 1. The van der Waals surface area contributed by atoms with Gasteiger partial charge in [0.05, 0.1) is 11.4 Å². The molecule has 0 aliphatic heterocycles. The molecular weight excluding hydrogens is 248 g/mol. The number of carbonyl (C=O) groups is 2. The van der Waals surface area contributed by atoms with Crippen LogP contribution in [0.3, 0.4) is 0 Å². The number of anilines is 1. The molecule has 0 radical (unpaired) electrons. The van der Waals surface area contributed by atoms with Crippen LogP contribution in [-0.4, -0.2) is 34.8 Å². The first kappa shape index (κ1) is 15.0. The molecule has 0 aliphatic rings. The van der Waals surface area contributed by atoms with Gasteiger partial charge in [-0.05, 0) is 20.3 Å². The van der Waals surface area contributed by atoms with Crippen LogP contribution in [0.1, 0.15) is 36.5 Å². The van der Waals surface area contributed by atoms with E-state index in [1.54, 1.807) is 6.92 Å². The van der Waals surface area contributed by atoms with Crippen molar-refractivity contribution in [1.82, 2.24) is 15.1 Å². The molecule has 0 unspecified atom stereocenters. The number of aromatic nitrogens is 2. The highest BCUT2D eigenvalue weighted by atomic mass is 16.5. The van der Waals surface area contributed by atoms with Crippen molar-refractivity contribution < 1.29 is 14.3 Å². The fourth-order valence-corrected chi connectivity index (χ4v) is 1.55. The minimum Gasteiger partial charge on any atom is -0.451 e. The second-order valence-electron chi connectivity index (χ2n) is 4.09. The maximum Gasteiger partial charge on any atom is 0.359 e. The van der Waals surface area contributed by atoms with Crippen molar-refractivity contribution in [1.29, 1.82) is 0 Å². The summed E-state index contributed by atoms with van der Waals surface area (Å²) in [6, 6.07) is 0. The molecule has 1 rings (SSSR count). The number of nitrogens with zero attached hydrogens (tertiary/aromatic N) is 2. The molecule has 0 spiro atoms. The monoisotopic (exact) mass is 268 g/mol. The van der Waals surface area contributed by atoms with Crippen LogP contribution in [0, 0.1) is 6.92 Å². The van der Waals surface area contributed by atoms with Crippen LogP contribution < -0.4 is 11.1 Å². The van der Waals surface area contributed by atoms with Gasteiger partial charge in [-0.2, -0.15) is 5.10 Å². The van der Waals surface area contributed by atoms with Gasteiger partial charge in [0.15, 0.2) is 12.3 Å². The van der Waals surface area contributed by atoms with Gasteiger partial charge in [-0.1, -0.05) is 6.92 Å². The first-order valence-electron chi connectivity index (χ1n) is 6.27. The fraction of sp³-hybridized carbons (Fsp3) is 0.583. The third-order valence-corrected chi connectivity index (χ3v) is 2.57. The number of nitrogens with two attached hydrogens (primary N) is 1. The van der Waals surface area contributed by atoms with Crippen molar-refractivity contribution in [2.75, 3.05) is 18.9 Å². The van der Waals surface area contributed by atoms with E-state index in [1.807, 2.05) is 13.8 Å². The van der Waals surface area contributed by atoms with Gasteiger partial charge in [-0.15, -0.1) is 0 Å². The van der Waals surface area contributed by atoms with Crippen molar-refractivity contribution in [2.45, 2.75) is 33.7 Å². The molecule has 0 saturated carbocycles. The summed E-state index contributed by atoms with van der Waals surface area (Å²) in [6.07, 6.45) is 0.828. The van der Waals surface area contributed by atoms with E-state index >= 15 is 0 Å². The Bertz CT molecular complexity index is 468. The zero-order valence-corrected chi connectivity index (χ0v) is 11.5. The molecule has 1 aromatic heterocycles. The van der Waals surface area contributed by atoms with Crippen LogP contribution in [0.25, 0.3) is 0 Å². The van der Waals surface area contributed by atoms with Gasteiger partial charge in [0.25, 0.3) is 5.91 Å². The van der Waals surface area contributed by atoms with Crippen molar-refractivity contribution in [3.05, 3.63) is 11.4 Å². The van der Waals surface area contributed by atoms with E-state index in [4.69, 9.17) is 10.5 Å². The van der Waals surface area contributed by atoms with Crippen molar-refractivity contribution in [3.8, 4) is 0 Å². The van der Waals surface area contributed by atoms with E-state index in [0.717, 1.165) is 6.42 Å². The molecule has 106 valence electrons. The van der Waals surface area contributed by atoms with Crippen LogP contribution in [-0.2, 0) is 16.1 Å². The quantitative estimate of drug-likeness (QED) is 0.731. The molecule has 0 bridgehead atoms. The predicted molar refractivity (Wildman–Crippen MR) is 70.6 cm³/mol. The lowest BCUT2D eigenvalue weighted by Crippen LogP contribution is -2.29. The Hall–Kier alpha value is -2.05. The molecule has 0 atom stereocenters. The van der Waals surface area contributed by atoms with Crippen molar-refractivity contribution in [3.63, 3.8) is 0 Å². The molecule has 1 amide bonds. The van der Waals surface area contributed by atoms with Crippen LogP contribution >= 0.6 is 0 Å². The maximum atomic E-state index is 11.9. The number of rotatable bonds is 6. The van der Waals surface area contributed by atoms with E-state index in [-0.39, 0.29) is 18.2 Å². The SMILES string of the molecule is CCCNC(=O)COC(=O)c1c(N)c(C)nn1CC. The molecule has 19 heavy (non-hydrogen) atoms. The number of hydrogen-bond donors (Lipinski definition) is 2. The summed E-state index contributed by atoms with van der Waals surface area (Å²) in [4.78, 5) is 23.2. The van der Waals surface area contributed by atoms with Crippen LogP contribution in [0.5, 0.6) is 0 Å². The predicted octanol–water partition coefficient (Wildman–Crippen LogP) is 0.477. The lowest BCUT2D eigenvalue weighted by Gasteiger charge is -2.07. The Morgan fingerprint density at radius 1 is 1.42 bits per heavy atom.